The number of aryl methyl sites for hydroxylation is 2. The third kappa shape index (κ3) is 5.84. The molecule has 0 spiro atoms. The Hall–Kier alpha value is -2.22. The molecule has 0 saturated heterocycles. The number of methoxy groups -OCH3 is 2. The highest BCUT2D eigenvalue weighted by Gasteiger charge is 2.30. The topological polar surface area (TPSA) is 18.5 Å². The number of alkyl halides is 3. The summed E-state index contributed by atoms with van der Waals surface area (Å²) in [5, 5.41) is 0. The Labute approximate surface area is 226 Å². The molecule has 0 fully saturated rings. The highest BCUT2D eigenvalue weighted by molar-refractivity contribution is 14.1. The lowest BCUT2D eigenvalue weighted by atomic mass is 9.80. The Kier molecular flexibility index (Phi) is 9.72. The van der Waals surface area contributed by atoms with Crippen LogP contribution in [-0.4, -0.2) is 14.2 Å². The Balaban J connectivity index is 2.47. The second-order valence-corrected chi connectivity index (χ2v) is 9.99. The minimum Gasteiger partial charge on any atom is -0.496 e. The first-order chi connectivity index (χ1) is 17.2. The predicted molar refractivity (Wildman–Crippen MR) is 150 cm³/mol. The molecule has 0 amide bonds. The van der Waals surface area contributed by atoms with Crippen LogP contribution in [0.1, 0.15) is 62.3 Å². The highest BCUT2D eigenvalue weighted by atomic mass is 127. The quantitative estimate of drug-likeness (QED) is 0.213. The van der Waals surface area contributed by atoms with E-state index in [0.29, 0.717) is 0 Å². The monoisotopic (exact) mass is 610 g/mol. The minimum atomic E-state index is -4.36. The summed E-state index contributed by atoms with van der Waals surface area (Å²) in [4.78, 5) is 0. The molecule has 0 N–H and O–H groups in total. The number of hydrogen-bond acceptors (Lipinski definition) is 2. The Morgan fingerprint density at radius 1 is 0.694 bits per heavy atom. The van der Waals surface area contributed by atoms with Gasteiger partial charge in [-0.15, -0.1) is 0 Å². The molecule has 0 aliphatic carbocycles. The van der Waals surface area contributed by atoms with Gasteiger partial charge in [0, 0.05) is 5.56 Å². The normalized spacial score (nSPS) is 11.6. The fraction of sp³-hybridized carbons (Fsp3) is 0.400. The van der Waals surface area contributed by atoms with Gasteiger partial charge in [-0.1, -0.05) is 58.2 Å². The van der Waals surface area contributed by atoms with E-state index in [4.69, 9.17) is 9.47 Å². The average Bonchev–Trinajstić information content (AvgIpc) is 2.85. The van der Waals surface area contributed by atoms with Gasteiger partial charge in [0.25, 0.3) is 0 Å². The summed E-state index contributed by atoms with van der Waals surface area (Å²) in [6.45, 7) is 6.44. The molecule has 0 aromatic heterocycles. The minimum absolute atomic E-state index is 0.632. The van der Waals surface area contributed by atoms with Crippen LogP contribution in [0.2, 0.25) is 0 Å². The summed E-state index contributed by atoms with van der Waals surface area (Å²) in [6.07, 6.45) is 1.03. The largest absolute Gasteiger partial charge is 0.496 e. The molecule has 0 saturated carbocycles. The lowest BCUT2D eigenvalue weighted by Crippen LogP contribution is -2.07. The van der Waals surface area contributed by atoms with Crippen molar-refractivity contribution in [1.82, 2.24) is 0 Å². The summed E-state index contributed by atoms with van der Waals surface area (Å²) in [7, 11) is 3.33. The lowest BCUT2D eigenvalue weighted by Gasteiger charge is -2.25. The van der Waals surface area contributed by atoms with E-state index in [9.17, 15) is 13.2 Å². The van der Waals surface area contributed by atoms with Gasteiger partial charge >= 0.3 is 6.18 Å². The van der Waals surface area contributed by atoms with E-state index in [2.05, 4.69) is 49.4 Å². The van der Waals surface area contributed by atoms with E-state index in [-0.39, 0.29) is 0 Å². The van der Waals surface area contributed by atoms with Gasteiger partial charge in [-0.25, -0.2) is 0 Å². The maximum atomic E-state index is 13.3. The fourth-order valence-corrected chi connectivity index (χ4v) is 5.83. The third-order valence-corrected chi connectivity index (χ3v) is 7.46. The summed E-state index contributed by atoms with van der Waals surface area (Å²) in [5.41, 5.74) is 6.92. The van der Waals surface area contributed by atoms with Crippen molar-refractivity contribution in [2.75, 3.05) is 14.2 Å². The predicted octanol–water partition coefficient (Wildman–Crippen LogP) is 9.52. The number of rotatable bonds is 10. The first-order valence-electron chi connectivity index (χ1n) is 12.5. The van der Waals surface area contributed by atoms with Crippen molar-refractivity contribution in [3.63, 3.8) is 0 Å². The smallest absolute Gasteiger partial charge is 0.416 e. The first kappa shape index (κ1) is 28.4. The molecule has 0 radical (unpaired) electrons. The van der Waals surface area contributed by atoms with Crippen LogP contribution >= 0.6 is 22.6 Å². The molecular formula is C30H34F3IO2. The molecule has 6 heteroatoms. The SMILES string of the molecule is CCCc1cc(CCC)c(-c2c(OC)ccc(OC)c2I)c(CCC)c1-c1ccc(C(F)(F)F)cc1. The maximum Gasteiger partial charge on any atom is 0.416 e. The molecule has 0 atom stereocenters. The number of hydrogen-bond donors (Lipinski definition) is 0. The van der Waals surface area contributed by atoms with Gasteiger partial charge in [-0.3, -0.25) is 0 Å². The van der Waals surface area contributed by atoms with E-state index in [0.717, 1.165) is 81.4 Å². The van der Waals surface area contributed by atoms with Crippen molar-refractivity contribution < 1.29 is 22.6 Å². The maximum absolute atomic E-state index is 13.3. The van der Waals surface area contributed by atoms with E-state index in [1.807, 2.05) is 12.1 Å². The number of ether oxygens (including phenoxy) is 2. The standard InChI is InChI=1S/C30H34F3IO2/c1-6-9-20-18-21(10-7-2)27(28-24(35-4)16-17-25(36-5)29(28)34)23(11-8-3)26(20)19-12-14-22(15-13-19)30(31,32)33/h12-18H,6-11H2,1-5H3. The van der Waals surface area contributed by atoms with Crippen molar-refractivity contribution >= 4 is 22.6 Å². The van der Waals surface area contributed by atoms with E-state index < -0.39 is 11.7 Å². The summed E-state index contributed by atoms with van der Waals surface area (Å²) in [5.74, 6) is 1.53. The average molecular weight is 610 g/mol. The molecule has 3 aromatic rings. The van der Waals surface area contributed by atoms with Crippen LogP contribution < -0.4 is 9.47 Å². The summed E-state index contributed by atoms with van der Waals surface area (Å²) < 4.78 is 52.4. The van der Waals surface area contributed by atoms with Crippen molar-refractivity contribution in [3.05, 3.63) is 68.3 Å². The number of benzene rings is 3. The Morgan fingerprint density at radius 3 is 1.72 bits per heavy atom. The van der Waals surface area contributed by atoms with Crippen molar-refractivity contribution in [2.24, 2.45) is 0 Å². The van der Waals surface area contributed by atoms with Crippen LogP contribution in [0.3, 0.4) is 0 Å². The second-order valence-electron chi connectivity index (χ2n) is 8.91. The van der Waals surface area contributed by atoms with Crippen LogP contribution in [0.25, 0.3) is 22.3 Å². The molecule has 3 aromatic carbocycles. The van der Waals surface area contributed by atoms with Crippen molar-refractivity contribution in [2.45, 2.75) is 65.5 Å². The molecule has 0 bridgehead atoms. The van der Waals surface area contributed by atoms with Gasteiger partial charge in [-0.2, -0.15) is 13.2 Å². The van der Waals surface area contributed by atoms with Crippen molar-refractivity contribution in [3.8, 4) is 33.8 Å². The van der Waals surface area contributed by atoms with Gasteiger partial charge in [0.05, 0.1) is 23.4 Å². The fourth-order valence-electron chi connectivity index (χ4n) is 4.90. The van der Waals surface area contributed by atoms with Gasteiger partial charge in [0.15, 0.2) is 0 Å². The molecular weight excluding hydrogens is 576 g/mol. The third-order valence-electron chi connectivity index (χ3n) is 6.39. The molecule has 0 heterocycles. The highest BCUT2D eigenvalue weighted by Crippen LogP contribution is 2.47. The molecule has 2 nitrogen and oxygen atoms in total. The van der Waals surface area contributed by atoms with Crippen molar-refractivity contribution in [1.29, 1.82) is 0 Å². The number of halogens is 4. The zero-order valence-corrected chi connectivity index (χ0v) is 23.8. The molecule has 194 valence electrons. The summed E-state index contributed by atoms with van der Waals surface area (Å²) in [6, 6.07) is 11.7. The first-order valence-corrected chi connectivity index (χ1v) is 13.6. The van der Waals surface area contributed by atoms with Crippen LogP contribution in [0.15, 0.2) is 42.5 Å². The zero-order chi connectivity index (χ0) is 26.5. The van der Waals surface area contributed by atoms with Crippen LogP contribution in [0.5, 0.6) is 11.5 Å². The molecule has 3 rings (SSSR count). The molecule has 0 aliphatic rings. The zero-order valence-electron chi connectivity index (χ0n) is 21.6. The lowest BCUT2D eigenvalue weighted by molar-refractivity contribution is -0.137. The molecule has 0 unspecified atom stereocenters. The Bertz CT molecular complexity index is 1180. The molecule has 36 heavy (non-hydrogen) atoms. The molecule has 0 aliphatic heterocycles. The second kappa shape index (κ2) is 12.3. The summed E-state index contributed by atoms with van der Waals surface area (Å²) >= 11 is 2.32. The van der Waals surface area contributed by atoms with Gasteiger partial charge < -0.3 is 9.47 Å². The van der Waals surface area contributed by atoms with Gasteiger partial charge in [-0.05, 0) is 99.5 Å². The van der Waals surface area contributed by atoms with E-state index >= 15 is 0 Å². The van der Waals surface area contributed by atoms with Gasteiger partial charge in [0.1, 0.15) is 11.5 Å². The van der Waals surface area contributed by atoms with Crippen LogP contribution in [0.4, 0.5) is 13.2 Å². The van der Waals surface area contributed by atoms with Crippen LogP contribution in [0, 0.1) is 3.57 Å². The van der Waals surface area contributed by atoms with E-state index in [1.165, 1.54) is 23.3 Å². The van der Waals surface area contributed by atoms with E-state index in [1.54, 1.807) is 26.4 Å². The van der Waals surface area contributed by atoms with Gasteiger partial charge in [0.2, 0.25) is 0 Å². The van der Waals surface area contributed by atoms with Crippen LogP contribution in [-0.2, 0) is 25.4 Å². The Morgan fingerprint density at radius 2 is 1.22 bits per heavy atom.